The molecule has 3 aromatic rings. The van der Waals surface area contributed by atoms with Crippen molar-refractivity contribution >= 4 is 5.97 Å². The van der Waals surface area contributed by atoms with Crippen molar-refractivity contribution in [3.8, 4) is 11.4 Å². The van der Waals surface area contributed by atoms with Crippen LogP contribution in [0.4, 0.5) is 0 Å². The zero-order valence-corrected chi connectivity index (χ0v) is 12.9. The standard InChI is InChI=1S/C18H16N2O3/c1-12-8-9-13(2)15(10-12)18(21)22-11-16-19-17(20-23-16)14-6-4-3-5-7-14/h3-10H,11H2,1-2H3. The van der Waals surface area contributed by atoms with Gasteiger partial charge >= 0.3 is 5.97 Å². The molecule has 0 aliphatic heterocycles. The molecule has 0 saturated carbocycles. The molecule has 2 aromatic carbocycles. The molecule has 1 aromatic heterocycles. The molecule has 0 aliphatic rings. The average Bonchev–Trinajstić information content (AvgIpc) is 3.05. The van der Waals surface area contributed by atoms with Crippen LogP contribution in [0.25, 0.3) is 11.4 Å². The average molecular weight is 308 g/mol. The van der Waals surface area contributed by atoms with Crippen LogP contribution in [-0.2, 0) is 11.3 Å². The van der Waals surface area contributed by atoms with Gasteiger partial charge in [-0.1, -0.05) is 53.2 Å². The normalized spacial score (nSPS) is 10.5. The first-order valence-corrected chi connectivity index (χ1v) is 7.26. The second kappa shape index (κ2) is 6.44. The molecule has 0 bridgehead atoms. The maximum atomic E-state index is 12.2. The number of nitrogens with zero attached hydrogens (tertiary/aromatic N) is 2. The summed E-state index contributed by atoms with van der Waals surface area (Å²) < 4.78 is 10.4. The summed E-state index contributed by atoms with van der Waals surface area (Å²) in [4.78, 5) is 16.4. The van der Waals surface area contributed by atoms with E-state index in [0.717, 1.165) is 16.7 Å². The molecule has 5 heteroatoms. The van der Waals surface area contributed by atoms with Gasteiger partial charge < -0.3 is 9.26 Å². The van der Waals surface area contributed by atoms with Crippen LogP contribution < -0.4 is 0 Å². The minimum absolute atomic E-state index is 0.0496. The van der Waals surface area contributed by atoms with Crippen LogP contribution in [0.15, 0.2) is 53.1 Å². The van der Waals surface area contributed by atoms with Gasteiger partial charge in [0.1, 0.15) is 0 Å². The Balaban J connectivity index is 1.68. The lowest BCUT2D eigenvalue weighted by atomic mass is 10.1. The molecule has 116 valence electrons. The summed E-state index contributed by atoms with van der Waals surface area (Å²) in [5, 5.41) is 3.89. The SMILES string of the molecule is Cc1ccc(C)c(C(=O)OCc2nc(-c3ccccc3)no2)c1. The second-order valence-corrected chi connectivity index (χ2v) is 5.27. The van der Waals surface area contributed by atoms with Gasteiger partial charge in [-0.05, 0) is 25.5 Å². The van der Waals surface area contributed by atoms with E-state index in [2.05, 4.69) is 10.1 Å². The Morgan fingerprint density at radius 3 is 2.70 bits per heavy atom. The summed E-state index contributed by atoms with van der Waals surface area (Å²) in [5.41, 5.74) is 3.28. The fraction of sp³-hybridized carbons (Fsp3) is 0.167. The second-order valence-electron chi connectivity index (χ2n) is 5.27. The number of hydrogen-bond donors (Lipinski definition) is 0. The van der Waals surface area contributed by atoms with E-state index in [4.69, 9.17) is 9.26 Å². The van der Waals surface area contributed by atoms with Crippen molar-refractivity contribution in [1.29, 1.82) is 0 Å². The van der Waals surface area contributed by atoms with E-state index in [9.17, 15) is 4.79 Å². The van der Waals surface area contributed by atoms with Gasteiger partial charge in [0.15, 0.2) is 6.61 Å². The van der Waals surface area contributed by atoms with Crippen LogP contribution in [0.2, 0.25) is 0 Å². The van der Waals surface area contributed by atoms with Crippen LogP contribution in [0.1, 0.15) is 27.4 Å². The fourth-order valence-electron chi connectivity index (χ4n) is 2.18. The highest BCUT2D eigenvalue weighted by Crippen LogP contribution is 2.16. The van der Waals surface area contributed by atoms with Crippen molar-refractivity contribution in [3.63, 3.8) is 0 Å². The molecule has 0 amide bonds. The molecule has 0 atom stereocenters. The number of ether oxygens (including phenoxy) is 1. The van der Waals surface area contributed by atoms with Crippen molar-refractivity contribution < 1.29 is 14.1 Å². The van der Waals surface area contributed by atoms with E-state index in [0.29, 0.717) is 11.4 Å². The van der Waals surface area contributed by atoms with Crippen molar-refractivity contribution in [3.05, 3.63) is 71.1 Å². The highest BCUT2D eigenvalue weighted by Gasteiger charge is 2.14. The third kappa shape index (κ3) is 3.45. The number of hydrogen-bond acceptors (Lipinski definition) is 5. The van der Waals surface area contributed by atoms with Gasteiger partial charge in [0.2, 0.25) is 5.82 Å². The van der Waals surface area contributed by atoms with Gasteiger partial charge in [0, 0.05) is 5.56 Å². The van der Waals surface area contributed by atoms with Crippen LogP contribution in [0, 0.1) is 13.8 Å². The monoisotopic (exact) mass is 308 g/mol. The van der Waals surface area contributed by atoms with E-state index >= 15 is 0 Å². The van der Waals surface area contributed by atoms with Crippen LogP contribution in [0.3, 0.4) is 0 Å². The van der Waals surface area contributed by atoms with E-state index < -0.39 is 5.97 Å². The smallest absolute Gasteiger partial charge is 0.338 e. The lowest BCUT2D eigenvalue weighted by Gasteiger charge is -2.06. The molecule has 0 saturated heterocycles. The molecule has 1 heterocycles. The van der Waals surface area contributed by atoms with Gasteiger partial charge in [-0.25, -0.2) is 4.79 Å². The first-order chi connectivity index (χ1) is 11.1. The number of aromatic nitrogens is 2. The molecule has 0 unspecified atom stereocenters. The summed E-state index contributed by atoms with van der Waals surface area (Å²) in [6.07, 6.45) is 0. The largest absolute Gasteiger partial charge is 0.452 e. The molecule has 0 radical (unpaired) electrons. The summed E-state index contributed by atoms with van der Waals surface area (Å²) in [6, 6.07) is 15.1. The van der Waals surface area contributed by atoms with Gasteiger partial charge in [0.05, 0.1) is 5.56 Å². The molecule has 0 fully saturated rings. The van der Waals surface area contributed by atoms with E-state index in [1.807, 2.05) is 56.3 Å². The molecular formula is C18H16N2O3. The molecule has 0 aliphatic carbocycles. The Morgan fingerprint density at radius 1 is 1.13 bits per heavy atom. The zero-order chi connectivity index (χ0) is 16.2. The van der Waals surface area contributed by atoms with E-state index in [1.165, 1.54) is 0 Å². The van der Waals surface area contributed by atoms with E-state index in [-0.39, 0.29) is 12.5 Å². The summed E-state index contributed by atoms with van der Waals surface area (Å²) in [6.45, 7) is 3.75. The highest BCUT2D eigenvalue weighted by atomic mass is 16.6. The van der Waals surface area contributed by atoms with Crippen molar-refractivity contribution in [2.24, 2.45) is 0 Å². The lowest BCUT2D eigenvalue weighted by molar-refractivity contribution is 0.0429. The maximum Gasteiger partial charge on any atom is 0.338 e. The van der Waals surface area contributed by atoms with Crippen LogP contribution in [-0.4, -0.2) is 16.1 Å². The number of benzene rings is 2. The Kier molecular flexibility index (Phi) is 4.19. The minimum Gasteiger partial charge on any atom is -0.452 e. The first-order valence-electron chi connectivity index (χ1n) is 7.26. The number of aryl methyl sites for hydroxylation is 2. The zero-order valence-electron chi connectivity index (χ0n) is 12.9. The van der Waals surface area contributed by atoms with Crippen molar-refractivity contribution in [1.82, 2.24) is 10.1 Å². The Bertz CT molecular complexity index is 825. The number of carbonyl (C=O) groups excluding carboxylic acids is 1. The summed E-state index contributed by atoms with van der Waals surface area (Å²) in [7, 11) is 0. The molecular weight excluding hydrogens is 292 g/mol. The van der Waals surface area contributed by atoms with E-state index in [1.54, 1.807) is 6.07 Å². The maximum absolute atomic E-state index is 12.2. The van der Waals surface area contributed by atoms with Gasteiger partial charge in [-0.15, -0.1) is 0 Å². The summed E-state index contributed by atoms with van der Waals surface area (Å²) in [5.74, 6) is 0.344. The predicted molar refractivity (Wildman–Crippen MR) is 84.8 cm³/mol. The summed E-state index contributed by atoms with van der Waals surface area (Å²) >= 11 is 0. The van der Waals surface area contributed by atoms with Gasteiger partial charge in [-0.3, -0.25) is 0 Å². The van der Waals surface area contributed by atoms with Crippen molar-refractivity contribution in [2.75, 3.05) is 0 Å². The Labute approximate surface area is 133 Å². The predicted octanol–water partition coefficient (Wildman–Crippen LogP) is 3.71. The topological polar surface area (TPSA) is 65.2 Å². The third-order valence-electron chi connectivity index (χ3n) is 3.44. The number of carbonyl (C=O) groups is 1. The molecule has 23 heavy (non-hydrogen) atoms. The lowest BCUT2D eigenvalue weighted by Crippen LogP contribution is -2.07. The first kappa shape index (κ1) is 15.0. The van der Waals surface area contributed by atoms with Gasteiger partial charge in [0.25, 0.3) is 5.89 Å². The Morgan fingerprint density at radius 2 is 1.91 bits per heavy atom. The van der Waals surface area contributed by atoms with Gasteiger partial charge in [-0.2, -0.15) is 4.98 Å². The molecule has 0 spiro atoms. The minimum atomic E-state index is -0.398. The molecule has 3 rings (SSSR count). The fourth-order valence-corrected chi connectivity index (χ4v) is 2.18. The number of rotatable bonds is 4. The highest BCUT2D eigenvalue weighted by molar-refractivity contribution is 5.91. The Hall–Kier alpha value is -2.95. The quantitative estimate of drug-likeness (QED) is 0.687. The molecule has 0 N–H and O–H groups in total. The van der Waals surface area contributed by atoms with Crippen LogP contribution >= 0.6 is 0 Å². The number of esters is 1. The van der Waals surface area contributed by atoms with Crippen LogP contribution in [0.5, 0.6) is 0 Å². The third-order valence-corrected chi connectivity index (χ3v) is 3.44. The van der Waals surface area contributed by atoms with Crippen molar-refractivity contribution in [2.45, 2.75) is 20.5 Å². The molecule has 5 nitrogen and oxygen atoms in total.